The van der Waals surface area contributed by atoms with Gasteiger partial charge in [-0.05, 0) is 37.7 Å². The summed E-state index contributed by atoms with van der Waals surface area (Å²) in [5.41, 5.74) is 14.6. The van der Waals surface area contributed by atoms with Crippen LogP contribution in [0.1, 0.15) is 29.7 Å². The summed E-state index contributed by atoms with van der Waals surface area (Å²) in [6, 6.07) is 0.215. The van der Waals surface area contributed by atoms with Crippen LogP contribution in [0.25, 0.3) is 10.2 Å². The van der Waals surface area contributed by atoms with E-state index in [2.05, 4.69) is 37.5 Å². The number of rotatable bonds is 1. The minimum Gasteiger partial charge on any atom is -0.368 e. The lowest BCUT2D eigenvalue weighted by Gasteiger charge is -2.21. The van der Waals surface area contributed by atoms with Crippen LogP contribution in [0.3, 0.4) is 0 Å². The number of thiophene rings is 1. The maximum absolute atomic E-state index is 6.11. The summed E-state index contributed by atoms with van der Waals surface area (Å²) in [7, 11) is 0. The van der Waals surface area contributed by atoms with Crippen LogP contribution in [0.5, 0.6) is 0 Å². The number of nitrogen functional groups attached to an aromatic ring is 1. The minimum absolute atomic E-state index is 0.215. The smallest absolute Gasteiger partial charge is 0.222 e. The maximum Gasteiger partial charge on any atom is 0.222 e. The monoisotopic (exact) mass is 415 g/mol. The second-order valence-electron chi connectivity index (χ2n) is 5.88. The van der Waals surface area contributed by atoms with Gasteiger partial charge in [-0.2, -0.15) is 4.98 Å². The predicted octanol–water partition coefficient (Wildman–Crippen LogP) is 2.45. The molecule has 0 aromatic carbocycles. The molecule has 0 unspecified atom stereocenters. The second kappa shape index (κ2) is 5.20. The van der Waals surface area contributed by atoms with Gasteiger partial charge in [0, 0.05) is 17.5 Å². The van der Waals surface area contributed by atoms with Crippen molar-refractivity contribution in [3.05, 3.63) is 10.4 Å². The van der Waals surface area contributed by atoms with Gasteiger partial charge in [0.2, 0.25) is 5.95 Å². The summed E-state index contributed by atoms with van der Waals surface area (Å²) in [5.74, 6) is 1.37. The number of aryl methyl sites for hydroxylation is 2. The van der Waals surface area contributed by atoms with Crippen molar-refractivity contribution < 1.29 is 0 Å². The molecule has 2 aliphatic rings. The van der Waals surface area contributed by atoms with E-state index in [1.54, 1.807) is 0 Å². The Bertz CT molecular complexity index is 700. The van der Waals surface area contributed by atoms with E-state index >= 15 is 0 Å². The summed E-state index contributed by atoms with van der Waals surface area (Å²) in [4.78, 5) is 12.9. The SMILES string of the molecule is Nc1nc(N2C[C@H](N)C[C@@H]2I)c2sc3c(c2n1)CCCC3. The molecule has 0 saturated carbocycles. The number of hydrogen-bond acceptors (Lipinski definition) is 6. The Balaban J connectivity index is 1.90. The lowest BCUT2D eigenvalue weighted by Crippen LogP contribution is -2.29. The van der Waals surface area contributed by atoms with Gasteiger partial charge in [-0.1, -0.05) is 22.6 Å². The quantitative estimate of drug-likeness (QED) is 0.425. The fourth-order valence-corrected chi connectivity index (χ4v) is 5.83. The van der Waals surface area contributed by atoms with Gasteiger partial charge < -0.3 is 16.4 Å². The van der Waals surface area contributed by atoms with Crippen molar-refractivity contribution in [1.82, 2.24) is 9.97 Å². The van der Waals surface area contributed by atoms with Crippen molar-refractivity contribution in [2.45, 2.75) is 42.2 Å². The van der Waals surface area contributed by atoms with Crippen molar-refractivity contribution >= 4 is 55.9 Å². The molecule has 7 heteroatoms. The zero-order valence-electron chi connectivity index (χ0n) is 11.7. The van der Waals surface area contributed by atoms with Crippen LogP contribution in [0.15, 0.2) is 0 Å². The number of aromatic nitrogens is 2. The van der Waals surface area contributed by atoms with Crippen molar-refractivity contribution in [1.29, 1.82) is 0 Å². The Morgan fingerprint density at radius 1 is 1.24 bits per heavy atom. The van der Waals surface area contributed by atoms with E-state index in [1.165, 1.54) is 34.4 Å². The fraction of sp³-hybridized carbons (Fsp3) is 0.571. The van der Waals surface area contributed by atoms with Gasteiger partial charge in [0.05, 0.1) is 14.3 Å². The topological polar surface area (TPSA) is 81.1 Å². The summed E-state index contributed by atoms with van der Waals surface area (Å²) in [6.07, 6.45) is 5.82. The van der Waals surface area contributed by atoms with Crippen LogP contribution >= 0.6 is 33.9 Å². The third-order valence-electron chi connectivity index (χ3n) is 4.33. The molecule has 3 heterocycles. The fourth-order valence-electron chi connectivity index (χ4n) is 3.35. The molecule has 2 atom stereocenters. The van der Waals surface area contributed by atoms with E-state index < -0.39 is 0 Å². The molecule has 1 fully saturated rings. The van der Waals surface area contributed by atoms with Gasteiger partial charge in [-0.3, -0.25) is 0 Å². The van der Waals surface area contributed by atoms with Gasteiger partial charge in [0.1, 0.15) is 0 Å². The molecule has 4 N–H and O–H groups in total. The summed E-state index contributed by atoms with van der Waals surface area (Å²) < 4.78 is 1.58. The Morgan fingerprint density at radius 3 is 2.81 bits per heavy atom. The highest BCUT2D eigenvalue weighted by Gasteiger charge is 2.32. The van der Waals surface area contributed by atoms with Crippen molar-refractivity contribution in [3.8, 4) is 0 Å². The molecule has 4 rings (SSSR count). The van der Waals surface area contributed by atoms with Gasteiger partial charge in [-0.15, -0.1) is 11.3 Å². The van der Waals surface area contributed by atoms with Crippen molar-refractivity contribution in [2.75, 3.05) is 17.2 Å². The first-order valence-electron chi connectivity index (χ1n) is 7.37. The summed E-state index contributed by atoms with van der Waals surface area (Å²) >= 11 is 4.31. The number of hydrogen-bond donors (Lipinski definition) is 2. The second-order valence-corrected chi connectivity index (χ2v) is 8.42. The van der Waals surface area contributed by atoms with Gasteiger partial charge >= 0.3 is 0 Å². The highest BCUT2D eigenvalue weighted by atomic mass is 127. The van der Waals surface area contributed by atoms with Crippen molar-refractivity contribution in [3.63, 3.8) is 0 Å². The molecule has 5 nitrogen and oxygen atoms in total. The first-order valence-corrected chi connectivity index (χ1v) is 9.43. The molecule has 0 spiro atoms. The number of fused-ring (bicyclic) bond motifs is 3. The van der Waals surface area contributed by atoms with Gasteiger partial charge in [0.15, 0.2) is 5.82 Å². The molecule has 21 heavy (non-hydrogen) atoms. The molecule has 1 aliphatic carbocycles. The number of halogens is 1. The van der Waals surface area contributed by atoms with E-state index in [1.807, 2.05) is 11.3 Å². The predicted molar refractivity (Wildman–Crippen MR) is 96.2 cm³/mol. The molecular formula is C14H18IN5S. The third-order valence-corrected chi connectivity index (χ3v) is 6.79. The maximum atomic E-state index is 6.11. The van der Waals surface area contributed by atoms with Crippen molar-refractivity contribution in [2.24, 2.45) is 5.73 Å². The highest BCUT2D eigenvalue weighted by Crippen LogP contribution is 2.41. The van der Waals surface area contributed by atoms with Crippen LogP contribution in [0.2, 0.25) is 0 Å². The Kier molecular flexibility index (Phi) is 3.46. The number of nitrogens with two attached hydrogens (primary N) is 2. The average Bonchev–Trinajstić information content (AvgIpc) is 2.98. The van der Waals surface area contributed by atoms with E-state index in [0.29, 0.717) is 10.00 Å². The first-order chi connectivity index (χ1) is 10.1. The van der Waals surface area contributed by atoms with Gasteiger partial charge in [0.25, 0.3) is 0 Å². The molecule has 2 aromatic rings. The third kappa shape index (κ3) is 2.29. The summed E-state index contributed by atoms with van der Waals surface area (Å²) in [6.45, 7) is 0.849. The zero-order chi connectivity index (χ0) is 14.6. The number of nitrogens with zero attached hydrogens (tertiary/aromatic N) is 3. The average molecular weight is 415 g/mol. The molecule has 0 radical (unpaired) electrons. The van der Waals surface area contributed by atoms with E-state index in [0.717, 1.165) is 30.7 Å². The Morgan fingerprint density at radius 2 is 2.05 bits per heavy atom. The van der Waals surface area contributed by atoms with E-state index in [9.17, 15) is 0 Å². The van der Waals surface area contributed by atoms with Crippen LogP contribution in [-0.4, -0.2) is 26.6 Å². The number of alkyl halides is 1. The standard InChI is InChI=1S/C14H18IN5S/c15-10-5-7(16)6-20(10)13-12-11(18-14(17)19-13)8-3-1-2-4-9(8)21-12/h7,10H,1-6,16H2,(H2,17,18,19)/t7-,10-/m1/s1. The molecular weight excluding hydrogens is 397 g/mol. The Labute approximate surface area is 141 Å². The lowest BCUT2D eigenvalue weighted by atomic mass is 9.98. The largest absolute Gasteiger partial charge is 0.368 e. The lowest BCUT2D eigenvalue weighted by molar-refractivity contribution is 0.699. The Hall–Kier alpha value is -0.670. The molecule has 1 aliphatic heterocycles. The van der Waals surface area contributed by atoms with E-state index in [4.69, 9.17) is 11.5 Å². The van der Waals surface area contributed by atoms with Gasteiger partial charge in [-0.25, -0.2) is 4.98 Å². The molecule has 1 saturated heterocycles. The summed E-state index contributed by atoms with van der Waals surface area (Å²) in [5, 5.41) is 0. The highest BCUT2D eigenvalue weighted by molar-refractivity contribution is 14.1. The normalized spacial score (nSPS) is 25.5. The van der Waals surface area contributed by atoms with Crippen LogP contribution in [0, 0.1) is 0 Å². The molecule has 0 amide bonds. The van der Waals surface area contributed by atoms with Crippen LogP contribution in [-0.2, 0) is 12.8 Å². The van der Waals surface area contributed by atoms with Crippen LogP contribution in [0.4, 0.5) is 11.8 Å². The molecule has 2 aromatic heterocycles. The minimum atomic E-state index is 0.215. The molecule has 112 valence electrons. The zero-order valence-corrected chi connectivity index (χ0v) is 14.7. The van der Waals surface area contributed by atoms with Crippen LogP contribution < -0.4 is 16.4 Å². The molecule has 0 bridgehead atoms. The number of anilines is 2. The first kappa shape index (κ1) is 14.0. The van der Waals surface area contributed by atoms with E-state index in [-0.39, 0.29) is 6.04 Å².